The lowest BCUT2D eigenvalue weighted by molar-refractivity contribution is -0.306. The number of aliphatic hydroxyl groups is 7. The monoisotopic (exact) mass is 567 g/mol. The topological polar surface area (TPSA) is 271 Å². The minimum absolute atomic E-state index is 0.0848. The number of ether oxygens (including phenoxy) is 3. The third kappa shape index (κ3) is 8.03. The molecule has 0 aromatic rings. The molecule has 0 aromatic heterocycles. The molecule has 2 saturated heterocycles. The summed E-state index contributed by atoms with van der Waals surface area (Å²) < 4.78 is 18.0. The Morgan fingerprint density at radius 3 is 2.26 bits per heavy atom. The summed E-state index contributed by atoms with van der Waals surface area (Å²) in [5, 5.41) is 76.8. The van der Waals surface area contributed by atoms with Gasteiger partial charge in [-0.15, -0.1) is 0 Å². The predicted octanol–water partition coefficient (Wildman–Crippen LogP) is -6.00. The van der Waals surface area contributed by atoms with Gasteiger partial charge in [0, 0.05) is 37.2 Å². The van der Waals surface area contributed by atoms with E-state index in [1.807, 2.05) is 0 Å². The summed E-state index contributed by atoms with van der Waals surface area (Å²) in [6.45, 7) is -0.0788. The molecule has 2 heterocycles. The smallest absolute Gasteiger partial charge is 0.186 e. The largest absolute Gasteiger partial charge is 0.396 e. The van der Waals surface area contributed by atoms with E-state index < -0.39 is 85.6 Å². The summed E-state index contributed by atoms with van der Waals surface area (Å²) in [7, 11) is 0. The molecule has 0 bridgehead atoms. The van der Waals surface area contributed by atoms with E-state index >= 15 is 0 Å². The van der Waals surface area contributed by atoms with Crippen molar-refractivity contribution in [2.75, 3.05) is 39.5 Å². The molecule has 15 N–H and O–H groups in total. The molecule has 1 unspecified atom stereocenters. The van der Waals surface area contributed by atoms with Crippen LogP contribution in [-0.4, -0.2) is 154 Å². The highest BCUT2D eigenvalue weighted by atomic mass is 16.7. The normalized spacial score (nSPS) is 43.6. The van der Waals surface area contributed by atoms with Crippen LogP contribution in [0, 0.1) is 5.92 Å². The summed E-state index contributed by atoms with van der Waals surface area (Å²) in [5.74, 6) is -0.668. The van der Waals surface area contributed by atoms with Gasteiger partial charge in [0.15, 0.2) is 6.29 Å². The van der Waals surface area contributed by atoms with Gasteiger partial charge in [-0.25, -0.2) is 0 Å². The second kappa shape index (κ2) is 15.6. The van der Waals surface area contributed by atoms with Crippen LogP contribution in [0.3, 0.4) is 0 Å². The van der Waals surface area contributed by atoms with Crippen molar-refractivity contribution in [2.45, 2.75) is 105 Å². The van der Waals surface area contributed by atoms with Crippen LogP contribution in [-0.2, 0) is 14.2 Å². The molecule has 3 fully saturated rings. The maximum Gasteiger partial charge on any atom is 0.186 e. The highest BCUT2D eigenvalue weighted by Crippen LogP contribution is 2.36. The molecule has 0 radical (unpaired) electrons. The molecular formula is C24H49N5O10. The van der Waals surface area contributed by atoms with Gasteiger partial charge in [-0.3, -0.25) is 0 Å². The first-order valence-electron chi connectivity index (χ1n) is 13.8. The fraction of sp³-hybridized carbons (Fsp3) is 1.00. The van der Waals surface area contributed by atoms with Crippen molar-refractivity contribution >= 4 is 0 Å². The van der Waals surface area contributed by atoms with E-state index in [0.29, 0.717) is 32.4 Å². The molecule has 1 aliphatic carbocycles. The Morgan fingerprint density at radius 1 is 0.897 bits per heavy atom. The van der Waals surface area contributed by atoms with Crippen LogP contribution in [0.1, 0.15) is 25.7 Å². The van der Waals surface area contributed by atoms with E-state index in [2.05, 4.69) is 10.6 Å². The second-order valence-corrected chi connectivity index (χ2v) is 10.9. The van der Waals surface area contributed by atoms with Crippen LogP contribution in [0.2, 0.25) is 0 Å². The quantitative estimate of drug-likeness (QED) is 0.0923. The van der Waals surface area contributed by atoms with Gasteiger partial charge in [-0.05, 0) is 32.2 Å². The predicted molar refractivity (Wildman–Crippen MR) is 138 cm³/mol. The van der Waals surface area contributed by atoms with Crippen LogP contribution in [0.4, 0.5) is 0 Å². The summed E-state index contributed by atoms with van der Waals surface area (Å²) in [4.78, 5) is 0. The van der Waals surface area contributed by atoms with Gasteiger partial charge in [0.2, 0.25) is 0 Å². The first-order chi connectivity index (χ1) is 18.7. The van der Waals surface area contributed by atoms with Gasteiger partial charge in [-0.2, -0.15) is 0 Å². The van der Waals surface area contributed by atoms with Crippen LogP contribution >= 0.6 is 0 Å². The van der Waals surface area contributed by atoms with Gasteiger partial charge < -0.3 is 77.8 Å². The molecule has 3 rings (SSSR count). The zero-order chi connectivity index (χ0) is 28.7. The molecule has 13 atom stereocenters. The van der Waals surface area contributed by atoms with Crippen molar-refractivity contribution in [3.05, 3.63) is 0 Å². The molecule has 0 spiro atoms. The van der Waals surface area contributed by atoms with Gasteiger partial charge in [0.05, 0.1) is 50.2 Å². The zero-order valence-corrected chi connectivity index (χ0v) is 22.2. The van der Waals surface area contributed by atoms with Crippen molar-refractivity contribution < 1.29 is 50.0 Å². The first-order valence-corrected chi connectivity index (χ1v) is 13.8. The second-order valence-electron chi connectivity index (χ2n) is 10.9. The number of nitrogens with two attached hydrogens (primary N) is 3. The fourth-order valence-corrected chi connectivity index (χ4v) is 5.85. The maximum absolute atomic E-state index is 11.7. The van der Waals surface area contributed by atoms with Crippen molar-refractivity contribution in [1.29, 1.82) is 0 Å². The molecule has 39 heavy (non-hydrogen) atoms. The molecule has 230 valence electrons. The van der Waals surface area contributed by atoms with Crippen LogP contribution in [0.5, 0.6) is 0 Å². The lowest BCUT2D eigenvalue weighted by atomic mass is 9.72. The molecule has 0 amide bonds. The Morgan fingerprint density at radius 2 is 1.62 bits per heavy atom. The Hall–Kier alpha value is -0.600. The van der Waals surface area contributed by atoms with Crippen molar-refractivity contribution in [2.24, 2.45) is 23.1 Å². The maximum atomic E-state index is 11.7. The standard InChI is InChI=1S/C24H49N5O10/c25-13-3-2-12(7-28-4-1-5-30)37-22(13)17-14(26)6-15(29-11(8-31)9-32)23(20(17)35)39-24-21(36)18(27)19(34)16(10-33)38-24/h11-24,28-36H,1-10,25-27H2/t12-,13+,14-,15+,16+,17?,18-,19+,20-,21+,22-,23-,24+/m0/s1. The van der Waals surface area contributed by atoms with E-state index in [1.165, 1.54) is 0 Å². The zero-order valence-electron chi connectivity index (χ0n) is 22.2. The number of hydrogen-bond donors (Lipinski definition) is 12. The Labute approximate surface area is 228 Å². The Kier molecular flexibility index (Phi) is 13.1. The van der Waals surface area contributed by atoms with E-state index in [4.69, 9.17) is 36.5 Å². The van der Waals surface area contributed by atoms with Crippen molar-refractivity contribution in [3.63, 3.8) is 0 Å². The number of aliphatic hydroxyl groups excluding tert-OH is 7. The number of rotatable bonds is 13. The van der Waals surface area contributed by atoms with E-state index in [-0.39, 0.29) is 32.3 Å². The summed E-state index contributed by atoms with van der Waals surface area (Å²) in [6, 6.07) is -3.60. The third-order valence-electron chi connectivity index (χ3n) is 8.12. The summed E-state index contributed by atoms with van der Waals surface area (Å²) >= 11 is 0. The Bertz CT molecular complexity index is 710. The lowest BCUT2D eigenvalue weighted by Gasteiger charge is -2.51. The molecule has 15 heteroatoms. The average Bonchev–Trinajstić information content (AvgIpc) is 2.92. The fourth-order valence-electron chi connectivity index (χ4n) is 5.85. The lowest BCUT2D eigenvalue weighted by Crippen LogP contribution is -2.69. The third-order valence-corrected chi connectivity index (χ3v) is 8.12. The van der Waals surface area contributed by atoms with Gasteiger partial charge in [0.25, 0.3) is 0 Å². The summed E-state index contributed by atoms with van der Waals surface area (Å²) in [6.07, 6.45) is -6.23. The van der Waals surface area contributed by atoms with Crippen molar-refractivity contribution in [3.8, 4) is 0 Å². The molecular weight excluding hydrogens is 518 g/mol. The molecule has 2 aliphatic heterocycles. The molecule has 0 aromatic carbocycles. The van der Waals surface area contributed by atoms with Gasteiger partial charge in [0.1, 0.15) is 24.4 Å². The Balaban J connectivity index is 1.81. The average molecular weight is 568 g/mol. The highest BCUT2D eigenvalue weighted by molar-refractivity contribution is 5.05. The van der Waals surface area contributed by atoms with Gasteiger partial charge in [-0.1, -0.05) is 0 Å². The summed E-state index contributed by atoms with van der Waals surface area (Å²) in [5.41, 5.74) is 19.0. The minimum atomic E-state index is -1.47. The highest BCUT2D eigenvalue weighted by Gasteiger charge is 2.52. The number of nitrogens with one attached hydrogen (secondary N) is 2. The molecule has 3 aliphatic rings. The van der Waals surface area contributed by atoms with Gasteiger partial charge >= 0.3 is 0 Å². The number of hydrogen-bond acceptors (Lipinski definition) is 15. The van der Waals surface area contributed by atoms with Crippen LogP contribution in [0.15, 0.2) is 0 Å². The SMILES string of the molecule is N[C@@H]1[C@@H](O)[C@@H](O[C@H]2[C@H](NC(CO)CO)C[C@H](N)C([C@H]3O[C@H](CNCCCO)CC[C@H]3N)[C@@H]2O)O[C@H](CO)[C@H]1O. The molecule has 15 nitrogen and oxygen atoms in total. The minimum Gasteiger partial charge on any atom is -0.396 e. The van der Waals surface area contributed by atoms with E-state index in [0.717, 1.165) is 0 Å². The van der Waals surface area contributed by atoms with Crippen LogP contribution in [0.25, 0.3) is 0 Å². The van der Waals surface area contributed by atoms with Crippen LogP contribution < -0.4 is 27.8 Å². The van der Waals surface area contributed by atoms with E-state index in [1.54, 1.807) is 0 Å². The van der Waals surface area contributed by atoms with Crippen molar-refractivity contribution in [1.82, 2.24) is 10.6 Å². The molecule has 1 saturated carbocycles. The first kappa shape index (κ1) is 32.9. The van der Waals surface area contributed by atoms with E-state index in [9.17, 15) is 30.6 Å².